The van der Waals surface area contributed by atoms with Crippen molar-refractivity contribution in [2.24, 2.45) is 0 Å². The van der Waals surface area contributed by atoms with Crippen molar-refractivity contribution in [1.29, 1.82) is 0 Å². The predicted octanol–water partition coefficient (Wildman–Crippen LogP) is 1.24. The van der Waals surface area contributed by atoms with Gasteiger partial charge in [0.2, 0.25) is 0 Å². The molecule has 2 aromatic heterocycles. The molecule has 0 radical (unpaired) electrons. The van der Waals surface area contributed by atoms with E-state index in [0.29, 0.717) is 6.54 Å². The number of aromatic nitrogens is 3. The number of thiazole rings is 1. The highest BCUT2D eigenvalue weighted by atomic mass is 32.2. The Balaban J connectivity index is 2.22. The summed E-state index contributed by atoms with van der Waals surface area (Å²) in [5, 5.41) is 3.87. The predicted molar refractivity (Wildman–Crippen MR) is 90.9 cm³/mol. The van der Waals surface area contributed by atoms with Gasteiger partial charge in [0, 0.05) is 18.3 Å². The molecule has 0 aromatic carbocycles. The number of nitrogens with zero attached hydrogens (tertiary/aromatic N) is 3. The van der Waals surface area contributed by atoms with E-state index in [9.17, 15) is 16.8 Å². The Morgan fingerprint density at radius 1 is 1.17 bits per heavy atom. The Hall–Kier alpha value is -1.50. The van der Waals surface area contributed by atoms with Crippen LogP contribution in [0.25, 0.3) is 0 Å². The highest BCUT2D eigenvalue weighted by molar-refractivity contribution is 7.93. The van der Waals surface area contributed by atoms with E-state index in [0.717, 1.165) is 17.5 Å². The maximum absolute atomic E-state index is 12.3. The van der Waals surface area contributed by atoms with E-state index in [2.05, 4.69) is 19.5 Å². The zero-order chi connectivity index (χ0) is 18.2. The van der Waals surface area contributed by atoms with Crippen molar-refractivity contribution in [2.75, 3.05) is 4.72 Å². The zero-order valence-electron chi connectivity index (χ0n) is 13.6. The van der Waals surface area contributed by atoms with Gasteiger partial charge in [-0.05, 0) is 27.7 Å². The van der Waals surface area contributed by atoms with Crippen LogP contribution in [-0.2, 0) is 26.6 Å². The lowest BCUT2D eigenvalue weighted by Crippen LogP contribution is -2.40. The van der Waals surface area contributed by atoms with Gasteiger partial charge in [0.15, 0.2) is 9.34 Å². The average molecular weight is 394 g/mol. The molecular weight excluding hydrogens is 374 g/mol. The van der Waals surface area contributed by atoms with E-state index in [-0.39, 0.29) is 14.2 Å². The maximum atomic E-state index is 12.3. The van der Waals surface area contributed by atoms with Crippen molar-refractivity contribution in [3.05, 3.63) is 18.6 Å². The van der Waals surface area contributed by atoms with Crippen LogP contribution in [0.1, 0.15) is 27.7 Å². The molecule has 0 aliphatic rings. The zero-order valence-corrected chi connectivity index (χ0v) is 16.1. The van der Waals surface area contributed by atoms with Gasteiger partial charge in [-0.1, -0.05) is 11.3 Å². The van der Waals surface area contributed by atoms with Crippen LogP contribution in [0.5, 0.6) is 0 Å². The van der Waals surface area contributed by atoms with E-state index in [1.54, 1.807) is 20.8 Å². The topological polar surface area (TPSA) is 123 Å². The van der Waals surface area contributed by atoms with E-state index in [4.69, 9.17) is 0 Å². The van der Waals surface area contributed by atoms with Gasteiger partial charge in [-0.15, -0.1) is 0 Å². The highest BCUT2D eigenvalue weighted by Crippen LogP contribution is 2.25. The molecule has 0 bridgehead atoms. The van der Waals surface area contributed by atoms with Gasteiger partial charge in [0.05, 0.1) is 12.4 Å². The molecular formula is C12H19N5O4S3. The Morgan fingerprint density at radius 3 is 2.38 bits per heavy atom. The largest absolute Gasteiger partial charge is 0.272 e. The number of sulfonamides is 2. The number of anilines is 1. The number of nitrogens with one attached hydrogen (secondary N) is 2. The van der Waals surface area contributed by atoms with Gasteiger partial charge in [-0.2, -0.15) is 5.10 Å². The van der Waals surface area contributed by atoms with Crippen LogP contribution in [0, 0.1) is 0 Å². The second-order valence-electron chi connectivity index (χ2n) is 5.98. The van der Waals surface area contributed by atoms with E-state index >= 15 is 0 Å². The standard InChI is InChI=1S/C12H19N5O4S3/c1-5-17-8-9(6-14-17)23(18,19)15-11-13-7-10(22-11)24(20,21)16-12(2,3)4/h6-8,16H,5H2,1-4H3,(H,13,15). The maximum Gasteiger partial charge on any atom is 0.266 e. The van der Waals surface area contributed by atoms with Crippen LogP contribution < -0.4 is 9.44 Å². The quantitative estimate of drug-likeness (QED) is 0.761. The van der Waals surface area contributed by atoms with Crippen LogP contribution in [0.2, 0.25) is 0 Å². The lowest BCUT2D eigenvalue weighted by atomic mass is 10.1. The Morgan fingerprint density at radius 2 is 1.83 bits per heavy atom. The number of rotatable bonds is 6. The molecule has 134 valence electrons. The summed E-state index contributed by atoms with van der Waals surface area (Å²) in [5.41, 5.74) is -0.656. The fourth-order valence-corrected chi connectivity index (χ4v) is 5.36. The van der Waals surface area contributed by atoms with Gasteiger partial charge < -0.3 is 0 Å². The number of hydrogen-bond acceptors (Lipinski definition) is 7. The first-order valence-electron chi connectivity index (χ1n) is 6.98. The molecule has 2 N–H and O–H groups in total. The van der Waals surface area contributed by atoms with Crippen LogP contribution in [0.3, 0.4) is 0 Å². The van der Waals surface area contributed by atoms with E-state index in [1.807, 2.05) is 6.92 Å². The van der Waals surface area contributed by atoms with Gasteiger partial charge in [-0.25, -0.2) is 26.5 Å². The summed E-state index contributed by atoms with van der Waals surface area (Å²) in [7, 11) is -7.63. The van der Waals surface area contributed by atoms with E-state index in [1.165, 1.54) is 17.1 Å². The Kier molecular flexibility index (Phi) is 5.04. The minimum absolute atomic E-state index is 0.0169. The second kappa shape index (κ2) is 6.43. The Bertz CT molecular complexity index is 922. The van der Waals surface area contributed by atoms with E-state index < -0.39 is 25.6 Å². The van der Waals surface area contributed by atoms with Crippen molar-refractivity contribution in [3.63, 3.8) is 0 Å². The van der Waals surface area contributed by atoms with Crippen LogP contribution in [-0.4, -0.2) is 37.1 Å². The van der Waals surface area contributed by atoms with Gasteiger partial charge in [0.25, 0.3) is 20.0 Å². The third-order valence-electron chi connectivity index (χ3n) is 2.66. The fourth-order valence-electron chi connectivity index (χ4n) is 1.71. The molecule has 0 amide bonds. The molecule has 0 unspecified atom stereocenters. The molecule has 2 heterocycles. The molecule has 9 nitrogen and oxygen atoms in total. The highest BCUT2D eigenvalue weighted by Gasteiger charge is 2.25. The molecule has 12 heteroatoms. The summed E-state index contributed by atoms with van der Waals surface area (Å²) in [6, 6.07) is 0. The summed E-state index contributed by atoms with van der Waals surface area (Å²) in [4.78, 5) is 3.82. The SMILES string of the molecule is CCn1cc(S(=O)(=O)Nc2ncc(S(=O)(=O)NC(C)(C)C)s2)cn1. The summed E-state index contributed by atoms with van der Waals surface area (Å²) in [6.07, 6.45) is 3.72. The number of aryl methyl sites for hydroxylation is 1. The fraction of sp³-hybridized carbons (Fsp3) is 0.500. The normalized spacial score (nSPS) is 13.2. The second-order valence-corrected chi connectivity index (χ2v) is 10.6. The third-order valence-corrected chi connectivity index (χ3v) is 7.21. The first-order valence-corrected chi connectivity index (χ1v) is 10.8. The smallest absolute Gasteiger partial charge is 0.266 e. The molecule has 2 rings (SSSR count). The molecule has 24 heavy (non-hydrogen) atoms. The van der Waals surface area contributed by atoms with Crippen LogP contribution in [0.4, 0.5) is 5.13 Å². The van der Waals surface area contributed by atoms with Crippen molar-refractivity contribution < 1.29 is 16.8 Å². The average Bonchev–Trinajstić information content (AvgIpc) is 3.03. The Labute approximate surface area is 145 Å². The summed E-state index contributed by atoms with van der Waals surface area (Å²) in [5.74, 6) is 0. The molecule has 0 fully saturated rings. The van der Waals surface area contributed by atoms with Crippen molar-refractivity contribution in [2.45, 2.75) is 48.9 Å². The minimum atomic E-state index is -3.87. The molecule has 0 atom stereocenters. The first-order chi connectivity index (χ1) is 10.9. The third kappa shape index (κ3) is 4.53. The van der Waals surface area contributed by atoms with Crippen molar-refractivity contribution >= 4 is 36.5 Å². The minimum Gasteiger partial charge on any atom is -0.272 e. The van der Waals surface area contributed by atoms with Crippen molar-refractivity contribution in [3.8, 4) is 0 Å². The summed E-state index contributed by atoms with van der Waals surface area (Å²) < 4.78 is 55.1. The number of hydrogen-bond donors (Lipinski definition) is 2. The molecule has 2 aromatic rings. The van der Waals surface area contributed by atoms with Gasteiger partial charge in [-0.3, -0.25) is 9.40 Å². The molecule has 0 aliphatic carbocycles. The monoisotopic (exact) mass is 393 g/mol. The lowest BCUT2D eigenvalue weighted by Gasteiger charge is -2.19. The summed E-state index contributed by atoms with van der Waals surface area (Å²) >= 11 is 0.736. The summed E-state index contributed by atoms with van der Waals surface area (Å²) in [6.45, 7) is 7.49. The van der Waals surface area contributed by atoms with Crippen LogP contribution in [0.15, 0.2) is 27.7 Å². The first kappa shape index (κ1) is 18.8. The van der Waals surface area contributed by atoms with Gasteiger partial charge in [0.1, 0.15) is 4.90 Å². The molecule has 0 saturated carbocycles. The molecule has 0 saturated heterocycles. The van der Waals surface area contributed by atoms with Crippen molar-refractivity contribution in [1.82, 2.24) is 19.5 Å². The van der Waals surface area contributed by atoms with Gasteiger partial charge >= 0.3 is 0 Å². The lowest BCUT2D eigenvalue weighted by molar-refractivity contribution is 0.492. The van der Waals surface area contributed by atoms with Crippen LogP contribution >= 0.6 is 11.3 Å². The molecule has 0 spiro atoms. The molecule has 0 aliphatic heterocycles.